The Morgan fingerprint density at radius 2 is 2.38 bits per heavy atom. The van der Waals surface area contributed by atoms with Crippen molar-refractivity contribution < 1.29 is 0 Å². The lowest BCUT2D eigenvalue weighted by atomic mass is 10.2. The monoisotopic (exact) mass is 191 g/mol. The molecule has 0 radical (unpaired) electrons. The summed E-state index contributed by atoms with van der Waals surface area (Å²) in [6.07, 6.45) is 1.77. The molecule has 2 aromatic heterocycles. The van der Waals surface area contributed by atoms with Gasteiger partial charge in [0, 0.05) is 17.1 Å². The van der Waals surface area contributed by atoms with E-state index in [0.29, 0.717) is 10.8 Å². The maximum Gasteiger partial charge on any atom is 0.151 e. The van der Waals surface area contributed by atoms with E-state index in [2.05, 4.69) is 9.97 Å². The minimum Gasteiger partial charge on any atom is -0.361 e. The van der Waals surface area contributed by atoms with Crippen molar-refractivity contribution in [2.45, 2.75) is 6.92 Å². The fraction of sp³-hybridized carbons (Fsp3) is 0.111. The second kappa shape index (κ2) is 2.75. The molecule has 13 heavy (non-hydrogen) atoms. The van der Waals surface area contributed by atoms with Gasteiger partial charge < -0.3 is 4.98 Å². The van der Waals surface area contributed by atoms with Crippen LogP contribution in [-0.2, 0) is 0 Å². The topological polar surface area (TPSA) is 52.5 Å². The number of hydrogen-bond donors (Lipinski definition) is 1. The third-order valence-electron chi connectivity index (χ3n) is 2.00. The molecule has 2 rings (SSSR count). The van der Waals surface area contributed by atoms with Crippen LogP contribution >= 0.6 is 11.6 Å². The molecular formula is C9H6ClN3. The zero-order valence-electron chi connectivity index (χ0n) is 6.93. The van der Waals surface area contributed by atoms with E-state index in [1.807, 2.05) is 19.1 Å². The first-order valence-electron chi connectivity index (χ1n) is 3.77. The third kappa shape index (κ3) is 1.07. The Bertz CT molecular complexity index is 507. The van der Waals surface area contributed by atoms with Crippen molar-refractivity contribution >= 4 is 22.5 Å². The molecule has 0 fully saturated rings. The number of fused-ring (bicyclic) bond motifs is 1. The smallest absolute Gasteiger partial charge is 0.151 e. The molecule has 0 spiro atoms. The van der Waals surface area contributed by atoms with Crippen molar-refractivity contribution in [2.24, 2.45) is 0 Å². The number of halogens is 1. The molecule has 2 aromatic rings. The summed E-state index contributed by atoms with van der Waals surface area (Å²) in [4.78, 5) is 7.00. The Labute approximate surface area is 80.0 Å². The number of nitriles is 1. The average Bonchev–Trinajstić information content (AvgIpc) is 2.60. The number of pyridine rings is 1. The standard InChI is InChI=1S/C9H6ClN3/c1-5-8-6(2-3-12-8)7(4-11)13-9(5)10/h2-3,12H,1H3. The highest BCUT2D eigenvalue weighted by Gasteiger charge is 2.09. The zero-order valence-corrected chi connectivity index (χ0v) is 7.68. The summed E-state index contributed by atoms with van der Waals surface area (Å²) in [6, 6.07) is 3.83. The normalized spacial score (nSPS) is 10.2. The lowest BCUT2D eigenvalue weighted by Crippen LogP contribution is -1.89. The zero-order chi connectivity index (χ0) is 9.42. The van der Waals surface area contributed by atoms with Gasteiger partial charge in [0.15, 0.2) is 5.69 Å². The first-order chi connectivity index (χ1) is 6.24. The van der Waals surface area contributed by atoms with Gasteiger partial charge in [0.05, 0.1) is 5.52 Å². The molecule has 0 atom stereocenters. The van der Waals surface area contributed by atoms with E-state index in [4.69, 9.17) is 16.9 Å². The fourth-order valence-corrected chi connectivity index (χ4v) is 1.49. The van der Waals surface area contributed by atoms with Crippen molar-refractivity contribution in [3.8, 4) is 6.07 Å². The maximum atomic E-state index is 8.78. The fourth-order valence-electron chi connectivity index (χ4n) is 1.31. The maximum absolute atomic E-state index is 8.78. The van der Waals surface area contributed by atoms with Crippen LogP contribution in [-0.4, -0.2) is 9.97 Å². The Balaban J connectivity index is 2.97. The molecule has 1 N–H and O–H groups in total. The number of aromatic nitrogens is 2. The van der Waals surface area contributed by atoms with Gasteiger partial charge in [0.2, 0.25) is 0 Å². The average molecular weight is 192 g/mol. The lowest BCUT2D eigenvalue weighted by Gasteiger charge is -1.99. The van der Waals surface area contributed by atoms with Gasteiger partial charge >= 0.3 is 0 Å². The molecule has 0 aromatic carbocycles. The Morgan fingerprint density at radius 3 is 3.08 bits per heavy atom. The summed E-state index contributed by atoms with van der Waals surface area (Å²) in [6.45, 7) is 1.87. The van der Waals surface area contributed by atoms with E-state index in [0.717, 1.165) is 16.5 Å². The summed E-state index contributed by atoms with van der Waals surface area (Å²) in [7, 11) is 0. The molecule has 0 aliphatic carbocycles. The molecule has 4 heteroatoms. The van der Waals surface area contributed by atoms with Crippen LogP contribution in [0.5, 0.6) is 0 Å². The van der Waals surface area contributed by atoms with Gasteiger partial charge in [-0.2, -0.15) is 5.26 Å². The van der Waals surface area contributed by atoms with Crippen LogP contribution in [0.3, 0.4) is 0 Å². The number of hydrogen-bond acceptors (Lipinski definition) is 2. The van der Waals surface area contributed by atoms with Crippen LogP contribution in [0.2, 0.25) is 5.15 Å². The number of rotatable bonds is 0. The van der Waals surface area contributed by atoms with E-state index >= 15 is 0 Å². The van der Waals surface area contributed by atoms with Crippen LogP contribution in [0.4, 0.5) is 0 Å². The molecule has 0 saturated heterocycles. The van der Waals surface area contributed by atoms with Crippen LogP contribution in [0.25, 0.3) is 10.9 Å². The van der Waals surface area contributed by atoms with E-state index in [-0.39, 0.29) is 0 Å². The third-order valence-corrected chi connectivity index (χ3v) is 2.37. The van der Waals surface area contributed by atoms with Crippen molar-refractivity contribution in [2.75, 3.05) is 0 Å². The van der Waals surface area contributed by atoms with Gasteiger partial charge in [-0.1, -0.05) is 11.6 Å². The van der Waals surface area contributed by atoms with Crippen molar-refractivity contribution in [1.29, 1.82) is 5.26 Å². The van der Waals surface area contributed by atoms with E-state index in [1.54, 1.807) is 6.20 Å². The summed E-state index contributed by atoms with van der Waals surface area (Å²) in [5.41, 5.74) is 2.13. The number of aryl methyl sites for hydroxylation is 1. The predicted octanol–water partition coefficient (Wildman–Crippen LogP) is 2.40. The Hall–Kier alpha value is -1.53. The Kier molecular flexibility index (Phi) is 1.71. The van der Waals surface area contributed by atoms with E-state index < -0.39 is 0 Å². The SMILES string of the molecule is Cc1c(Cl)nc(C#N)c2cc[nH]c12. The second-order valence-corrected chi connectivity index (χ2v) is 3.11. The van der Waals surface area contributed by atoms with Gasteiger partial charge in [-0.25, -0.2) is 4.98 Å². The molecule has 0 bridgehead atoms. The molecule has 0 unspecified atom stereocenters. The van der Waals surface area contributed by atoms with Gasteiger partial charge in [-0.3, -0.25) is 0 Å². The summed E-state index contributed by atoms with van der Waals surface area (Å²) in [5.74, 6) is 0. The van der Waals surface area contributed by atoms with Crippen molar-refractivity contribution in [3.63, 3.8) is 0 Å². The number of nitrogens with zero attached hydrogens (tertiary/aromatic N) is 2. The van der Waals surface area contributed by atoms with E-state index in [9.17, 15) is 0 Å². The van der Waals surface area contributed by atoms with Crippen LogP contribution in [0.1, 0.15) is 11.3 Å². The molecule has 2 heterocycles. The van der Waals surface area contributed by atoms with Crippen molar-refractivity contribution in [1.82, 2.24) is 9.97 Å². The molecule has 0 aliphatic rings. The minimum atomic E-state index is 0.367. The quantitative estimate of drug-likeness (QED) is 0.650. The lowest BCUT2D eigenvalue weighted by molar-refractivity contribution is 1.25. The number of nitrogens with one attached hydrogen (secondary N) is 1. The van der Waals surface area contributed by atoms with Crippen LogP contribution in [0, 0.1) is 18.3 Å². The number of H-pyrrole nitrogens is 1. The molecular weight excluding hydrogens is 186 g/mol. The second-order valence-electron chi connectivity index (χ2n) is 2.75. The molecule has 0 amide bonds. The van der Waals surface area contributed by atoms with E-state index in [1.165, 1.54) is 0 Å². The van der Waals surface area contributed by atoms with Gasteiger partial charge in [0.25, 0.3) is 0 Å². The highest BCUT2D eigenvalue weighted by Crippen LogP contribution is 2.24. The first kappa shape index (κ1) is 8.09. The summed E-state index contributed by atoms with van der Waals surface area (Å²) < 4.78 is 0. The van der Waals surface area contributed by atoms with Crippen LogP contribution in [0.15, 0.2) is 12.3 Å². The highest BCUT2D eigenvalue weighted by atomic mass is 35.5. The summed E-state index contributed by atoms with van der Waals surface area (Å²) >= 11 is 5.85. The van der Waals surface area contributed by atoms with Gasteiger partial charge in [-0.05, 0) is 13.0 Å². The van der Waals surface area contributed by atoms with Crippen molar-refractivity contribution in [3.05, 3.63) is 28.7 Å². The molecule has 64 valence electrons. The largest absolute Gasteiger partial charge is 0.361 e. The van der Waals surface area contributed by atoms with Crippen LogP contribution < -0.4 is 0 Å². The first-order valence-corrected chi connectivity index (χ1v) is 4.15. The molecule has 3 nitrogen and oxygen atoms in total. The molecule has 0 aliphatic heterocycles. The predicted molar refractivity (Wildman–Crippen MR) is 50.6 cm³/mol. The van der Waals surface area contributed by atoms with Gasteiger partial charge in [0.1, 0.15) is 11.2 Å². The Morgan fingerprint density at radius 1 is 1.62 bits per heavy atom. The number of aromatic amines is 1. The minimum absolute atomic E-state index is 0.367. The van der Waals surface area contributed by atoms with Gasteiger partial charge in [-0.15, -0.1) is 0 Å². The highest BCUT2D eigenvalue weighted by molar-refractivity contribution is 6.31. The molecule has 0 saturated carbocycles. The summed E-state index contributed by atoms with van der Waals surface area (Å²) in [5, 5.41) is 9.99.